The van der Waals surface area contributed by atoms with Crippen LogP contribution in [0.3, 0.4) is 0 Å². The fourth-order valence-corrected chi connectivity index (χ4v) is 5.73. The van der Waals surface area contributed by atoms with Crippen LogP contribution in [0.4, 0.5) is 19.0 Å². The largest absolute Gasteiger partial charge is 0.350 e. The van der Waals surface area contributed by atoms with Crippen molar-refractivity contribution in [1.82, 2.24) is 9.88 Å². The Balaban J connectivity index is 0.000000299. The molecule has 1 aliphatic carbocycles. The van der Waals surface area contributed by atoms with E-state index in [0.29, 0.717) is 41.0 Å². The third-order valence-electron chi connectivity index (χ3n) is 6.96. The van der Waals surface area contributed by atoms with E-state index in [1.54, 1.807) is 37.4 Å². The lowest BCUT2D eigenvalue weighted by Gasteiger charge is -2.44. The number of anilines is 1. The molecule has 11 heteroatoms. The first-order chi connectivity index (χ1) is 19.3. The molecule has 0 atom stereocenters. The molecule has 1 aliphatic heterocycles. The first-order valence-electron chi connectivity index (χ1n) is 13.4. The van der Waals surface area contributed by atoms with E-state index in [4.69, 9.17) is 11.6 Å². The van der Waals surface area contributed by atoms with Gasteiger partial charge in [0.1, 0.15) is 17.5 Å². The summed E-state index contributed by atoms with van der Waals surface area (Å²) in [6.45, 7) is 9.27. The second kappa shape index (κ2) is 13.2. The summed E-state index contributed by atoms with van der Waals surface area (Å²) in [7, 11) is -1.37. The Bertz CT molecular complexity index is 1490. The minimum Gasteiger partial charge on any atom is -0.350 e. The summed E-state index contributed by atoms with van der Waals surface area (Å²) < 4.78 is 64.0. The average Bonchev–Trinajstić information content (AvgIpc) is 3.67. The van der Waals surface area contributed by atoms with Crippen LogP contribution in [-0.2, 0) is 9.84 Å². The van der Waals surface area contributed by atoms with Crippen LogP contribution in [0.1, 0.15) is 43.4 Å². The van der Waals surface area contributed by atoms with Gasteiger partial charge in [-0.25, -0.2) is 26.6 Å². The van der Waals surface area contributed by atoms with Crippen molar-refractivity contribution in [2.75, 3.05) is 37.8 Å². The van der Waals surface area contributed by atoms with Gasteiger partial charge in [0.25, 0.3) is 0 Å². The van der Waals surface area contributed by atoms with Crippen LogP contribution in [0, 0.1) is 31.3 Å². The van der Waals surface area contributed by atoms with Crippen LogP contribution in [0.25, 0.3) is 0 Å². The minimum absolute atomic E-state index is 0.149. The molecule has 0 radical (unpaired) electrons. The molecule has 41 heavy (non-hydrogen) atoms. The van der Waals surface area contributed by atoms with Crippen LogP contribution >= 0.6 is 11.6 Å². The highest BCUT2D eigenvalue weighted by Gasteiger charge is 2.53. The van der Waals surface area contributed by atoms with Gasteiger partial charge >= 0.3 is 0 Å². The van der Waals surface area contributed by atoms with E-state index in [-0.39, 0.29) is 11.4 Å². The smallest absolute Gasteiger partial charge is 0.175 e. The Morgan fingerprint density at radius 2 is 1.63 bits per heavy atom. The highest BCUT2D eigenvalue weighted by molar-refractivity contribution is 7.90. The molecule has 6 nitrogen and oxygen atoms in total. The summed E-state index contributed by atoms with van der Waals surface area (Å²) in [6, 6.07) is 10.7. The number of benzene rings is 2. The van der Waals surface area contributed by atoms with Crippen LogP contribution in [0.15, 0.2) is 58.5 Å². The van der Waals surface area contributed by atoms with Gasteiger partial charge in [-0.3, -0.25) is 4.99 Å². The monoisotopic (exact) mass is 608 g/mol. The number of nitrogens with zero attached hydrogens (tertiary/aromatic N) is 4. The van der Waals surface area contributed by atoms with Gasteiger partial charge in [-0.2, -0.15) is 0 Å². The molecule has 1 saturated carbocycles. The van der Waals surface area contributed by atoms with E-state index in [1.807, 2.05) is 32.6 Å². The number of piperazine rings is 1. The number of amidine groups is 1. The molecule has 2 aliphatic rings. The van der Waals surface area contributed by atoms with Crippen molar-refractivity contribution in [3.8, 4) is 0 Å². The summed E-state index contributed by atoms with van der Waals surface area (Å²) in [5, 5.41) is 0.345. The van der Waals surface area contributed by atoms with Crippen LogP contribution in [0.5, 0.6) is 0 Å². The third-order valence-corrected chi connectivity index (χ3v) is 8.31. The highest BCUT2D eigenvalue weighted by Crippen LogP contribution is 2.46. The summed E-state index contributed by atoms with van der Waals surface area (Å²) >= 11 is 5.97. The van der Waals surface area contributed by atoms with Gasteiger partial charge < -0.3 is 9.80 Å². The van der Waals surface area contributed by atoms with Crippen molar-refractivity contribution in [1.29, 1.82) is 0 Å². The van der Waals surface area contributed by atoms with E-state index in [9.17, 15) is 21.6 Å². The molecule has 5 rings (SSSR count). The van der Waals surface area contributed by atoms with Crippen molar-refractivity contribution in [3.63, 3.8) is 0 Å². The zero-order valence-electron chi connectivity index (χ0n) is 24.2. The maximum atomic E-state index is 14.7. The molecular weight excluding hydrogens is 573 g/mol. The highest BCUT2D eigenvalue weighted by atomic mass is 35.5. The van der Waals surface area contributed by atoms with Crippen molar-refractivity contribution in [2.24, 2.45) is 4.99 Å². The van der Waals surface area contributed by atoms with Gasteiger partial charge in [0.2, 0.25) is 0 Å². The van der Waals surface area contributed by atoms with Crippen molar-refractivity contribution in [3.05, 3.63) is 87.8 Å². The molecule has 0 bridgehead atoms. The molecule has 1 spiro atoms. The predicted octanol–water partition coefficient (Wildman–Crippen LogP) is 6.62. The lowest BCUT2D eigenvalue weighted by atomic mass is 10.0. The van der Waals surface area contributed by atoms with Crippen LogP contribution < -0.4 is 4.90 Å². The molecular formula is C30H36ClF3N4O2S. The zero-order chi connectivity index (χ0) is 30.5. The first-order valence-corrected chi connectivity index (χ1v) is 15.6. The van der Waals surface area contributed by atoms with E-state index in [1.165, 1.54) is 12.3 Å². The van der Waals surface area contributed by atoms with Crippen LogP contribution in [0.2, 0.25) is 5.02 Å². The number of aliphatic imine (C=N–C) groups is 1. The van der Waals surface area contributed by atoms with Gasteiger partial charge in [-0.05, 0) is 56.5 Å². The topological polar surface area (TPSA) is 65.9 Å². The minimum atomic E-state index is -3.02. The molecule has 0 unspecified atom stereocenters. The predicted molar refractivity (Wildman–Crippen MR) is 159 cm³/mol. The second-order valence-electron chi connectivity index (χ2n) is 9.97. The zero-order valence-corrected chi connectivity index (χ0v) is 25.8. The van der Waals surface area contributed by atoms with Crippen LogP contribution in [-0.4, -0.2) is 62.6 Å². The molecule has 1 saturated heterocycles. The Kier molecular flexibility index (Phi) is 10.5. The lowest BCUT2D eigenvalue weighted by Crippen LogP contribution is -2.57. The molecule has 2 heterocycles. The summed E-state index contributed by atoms with van der Waals surface area (Å²) in [4.78, 5) is 12.7. The van der Waals surface area contributed by atoms with E-state index >= 15 is 0 Å². The van der Waals surface area contributed by atoms with Gasteiger partial charge in [-0.15, -0.1) is 0 Å². The van der Waals surface area contributed by atoms with E-state index in [0.717, 1.165) is 36.2 Å². The van der Waals surface area contributed by atoms with Crippen molar-refractivity contribution in [2.45, 2.75) is 51.0 Å². The number of sulfone groups is 1. The molecule has 0 N–H and O–H groups in total. The van der Waals surface area contributed by atoms with E-state index < -0.39 is 27.3 Å². The second-order valence-corrected chi connectivity index (χ2v) is 12.4. The number of halogens is 4. The number of pyridine rings is 1. The molecule has 3 aromatic rings. The fourth-order valence-electron chi connectivity index (χ4n) is 4.84. The quantitative estimate of drug-likeness (QED) is 0.247. The molecule has 2 aromatic carbocycles. The number of hydrogen-bond donors (Lipinski definition) is 0. The molecule has 0 amide bonds. The summed E-state index contributed by atoms with van der Waals surface area (Å²) in [5.41, 5.74) is 1.97. The average molecular weight is 609 g/mol. The lowest BCUT2D eigenvalue weighted by molar-refractivity contribution is 0.258. The Morgan fingerprint density at radius 3 is 2.15 bits per heavy atom. The number of hydrogen-bond acceptors (Lipinski definition) is 5. The Labute approximate surface area is 245 Å². The molecule has 2 fully saturated rings. The first kappa shape index (κ1) is 32.4. The van der Waals surface area contributed by atoms with Gasteiger partial charge in [0.15, 0.2) is 21.5 Å². The maximum Gasteiger partial charge on any atom is 0.175 e. The van der Waals surface area contributed by atoms with Gasteiger partial charge in [0, 0.05) is 44.0 Å². The molecule has 1 aromatic heterocycles. The third kappa shape index (κ3) is 7.60. The SMILES string of the molecule is CC.CN=C(c1c(C)cc(Cl)cc1F)N1CCN(c2ncc(F)cc2F)CC12CC2.Cc1ccc(S(C)(=O)=O)cc1. The normalized spacial score (nSPS) is 16.0. The number of aromatic nitrogens is 1. The maximum absolute atomic E-state index is 14.7. The molecule has 222 valence electrons. The Morgan fingerprint density at radius 1 is 1.00 bits per heavy atom. The van der Waals surface area contributed by atoms with Crippen molar-refractivity contribution < 1.29 is 21.6 Å². The number of aryl methyl sites for hydroxylation is 2. The standard InChI is InChI=1S/C20H20ClF3N4.C8H10O2S.C2H6/c1-12-7-13(21)8-15(23)17(12)19(25-2)28-6-5-27(11-20(28)3-4-20)18-16(24)9-14(22)10-26-18;1-7-3-5-8(6-4-7)11(2,9)10;1-2/h7-10H,3-6,11H2,1-2H3;3-6H,1-2H3;1-2H3. The van der Waals surface area contributed by atoms with Gasteiger partial charge in [0.05, 0.1) is 22.2 Å². The van der Waals surface area contributed by atoms with E-state index in [2.05, 4.69) is 14.9 Å². The van der Waals surface area contributed by atoms with Crippen molar-refractivity contribution >= 4 is 33.1 Å². The number of rotatable bonds is 3. The Hall–Kier alpha value is -3.11. The van der Waals surface area contributed by atoms with Gasteiger partial charge in [-0.1, -0.05) is 43.1 Å². The summed E-state index contributed by atoms with van der Waals surface area (Å²) in [6.07, 6.45) is 4.01. The fraction of sp³-hybridized carbons (Fsp3) is 0.400. The summed E-state index contributed by atoms with van der Waals surface area (Å²) in [5.74, 6) is -1.05.